The fourth-order valence-electron chi connectivity index (χ4n) is 2.81. The summed E-state index contributed by atoms with van der Waals surface area (Å²) in [6.07, 6.45) is 4.88. The van der Waals surface area contributed by atoms with Gasteiger partial charge in [0.2, 0.25) is 5.91 Å². The molecule has 2 saturated carbocycles. The van der Waals surface area contributed by atoms with Crippen LogP contribution in [0.1, 0.15) is 25.7 Å². The summed E-state index contributed by atoms with van der Waals surface area (Å²) in [5.41, 5.74) is 1.26. The van der Waals surface area contributed by atoms with E-state index in [0.29, 0.717) is 5.41 Å². The SMILES string of the molecule is COc1ccc(NC(=O)[C@@H]2CC23CCC3)cc1. The van der Waals surface area contributed by atoms with Crippen molar-refractivity contribution in [1.82, 2.24) is 0 Å². The van der Waals surface area contributed by atoms with Gasteiger partial charge in [0, 0.05) is 11.6 Å². The fraction of sp³-hybridized carbons (Fsp3) is 0.500. The van der Waals surface area contributed by atoms with Crippen LogP contribution in [0.3, 0.4) is 0 Å². The minimum Gasteiger partial charge on any atom is -0.497 e. The van der Waals surface area contributed by atoms with Gasteiger partial charge < -0.3 is 10.1 Å². The Bertz CT molecular complexity index is 434. The normalized spacial score (nSPS) is 23.9. The molecule has 3 heteroatoms. The number of benzene rings is 1. The van der Waals surface area contributed by atoms with Gasteiger partial charge in [0.15, 0.2) is 0 Å². The number of nitrogens with one attached hydrogen (secondary N) is 1. The molecule has 1 aromatic carbocycles. The molecule has 1 spiro atoms. The van der Waals surface area contributed by atoms with E-state index in [9.17, 15) is 4.79 Å². The minimum absolute atomic E-state index is 0.190. The van der Waals surface area contributed by atoms with Crippen molar-refractivity contribution < 1.29 is 9.53 Å². The topological polar surface area (TPSA) is 38.3 Å². The second kappa shape index (κ2) is 3.76. The Morgan fingerprint density at radius 1 is 1.35 bits per heavy atom. The zero-order chi connectivity index (χ0) is 11.9. The quantitative estimate of drug-likeness (QED) is 0.868. The van der Waals surface area contributed by atoms with Crippen LogP contribution in [0, 0.1) is 11.3 Å². The Kier molecular flexibility index (Phi) is 2.35. The number of amides is 1. The molecule has 0 unspecified atom stereocenters. The maximum Gasteiger partial charge on any atom is 0.228 e. The van der Waals surface area contributed by atoms with Gasteiger partial charge in [-0.05, 0) is 48.9 Å². The zero-order valence-electron chi connectivity index (χ0n) is 10.0. The molecule has 2 aliphatic rings. The summed E-state index contributed by atoms with van der Waals surface area (Å²) < 4.78 is 5.08. The zero-order valence-corrected chi connectivity index (χ0v) is 10.0. The molecule has 1 N–H and O–H groups in total. The van der Waals surface area contributed by atoms with Crippen molar-refractivity contribution in [2.75, 3.05) is 12.4 Å². The van der Waals surface area contributed by atoms with Crippen LogP contribution in [-0.2, 0) is 4.79 Å². The highest BCUT2D eigenvalue weighted by Gasteiger charge is 2.60. The van der Waals surface area contributed by atoms with Gasteiger partial charge in [0.1, 0.15) is 5.75 Å². The van der Waals surface area contributed by atoms with Crippen molar-refractivity contribution in [2.24, 2.45) is 11.3 Å². The van der Waals surface area contributed by atoms with Crippen LogP contribution >= 0.6 is 0 Å². The number of rotatable bonds is 3. The summed E-state index contributed by atoms with van der Waals surface area (Å²) in [6, 6.07) is 7.49. The summed E-state index contributed by atoms with van der Waals surface area (Å²) in [6.45, 7) is 0. The molecule has 0 heterocycles. The number of methoxy groups -OCH3 is 1. The van der Waals surface area contributed by atoms with E-state index >= 15 is 0 Å². The Hall–Kier alpha value is -1.51. The molecule has 0 aliphatic heterocycles. The third-order valence-corrected chi connectivity index (χ3v) is 4.21. The number of carbonyl (C=O) groups excluding carboxylic acids is 1. The molecule has 2 aliphatic carbocycles. The Morgan fingerprint density at radius 2 is 2.06 bits per heavy atom. The Labute approximate surface area is 101 Å². The average Bonchev–Trinajstić information content (AvgIpc) is 3.05. The molecule has 3 rings (SSSR count). The van der Waals surface area contributed by atoms with Crippen LogP contribution in [0.25, 0.3) is 0 Å². The molecule has 1 aromatic rings. The molecular formula is C14H17NO2. The highest BCUT2D eigenvalue weighted by Crippen LogP contribution is 2.65. The lowest BCUT2D eigenvalue weighted by Crippen LogP contribution is -2.23. The van der Waals surface area contributed by atoms with Crippen molar-refractivity contribution in [3.05, 3.63) is 24.3 Å². The number of hydrogen-bond donors (Lipinski definition) is 1. The highest BCUT2D eigenvalue weighted by atomic mass is 16.5. The molecule has 0 bridgehead atoms. The van der Waals surface area contributed by atoms with Crippen molar-refractivity contribution in [2.45, 2.75) is 25.7 Å². The van der Waals surface area contributed by atoms with Gasteiger partial charge in [0.05, 0.1) is 7.11 Å². The lowest BCUT2D eigenvalue weighted by Gasteiger charge is -2.26. The van der Waals surface area contributed by atoms with Gasteiger partial charge in [-0.3, -0.25) is 4.79 Å². The number of anilines is 1. The standard InChI is InChI=1S/C14H17NO2/c1-17-11-5-3-10(4-6-11)15-13(16)12-9-14(12)7-2-8-14/h3-6,12H,2,7-9H2,1H3,(H,15,16)/t12-/m0/s1. The van der Waals surface area contributed by atoms with Crippen molar-refractivity contribution in [3.8, 4) is 5.75 Å². The van der Waals surface area contributed by atoms with Gasteiger partial charge in [-0.25, -0.2) is 0 Å². The molecule has 2 fully saturated rings. The van der Waals surface area contributed by atoms with Crippen LogP contribution in [0.2, 0.25) is 0 Å². The first-order chi connectivity index (χ1) is 8.23. The first-order valence-electron chi connectivity index (χ1n) is 6.18. The van der Waals surface area contributed by atoms with Crippen molar-refractivity contribution in [3.63, 3.8) is 0 Å². The lowest BCUT2D eigenvalue weighted by atomic mass is 9.79. The summed E-state index contributed by atoms with van der Waals surface area (Å²) in [5.74, 6) is 1.26. The van der Waals surface area contributed by atoms with Gasteiger partial charge in [-0.15, -0.1) is 0 Å². The second-order valence-corrected chi connectivity index (χ2v) is 5.19. The maximum absolute atomic E-state index is 12.0. The molecule has 0 radical (unpaired) electrons. The monoisotopic (exact) mass is 231 g/mol. The fourth-order valence-corrected chi connectivity index (χ4v) is 2.81. The largest absolute Gasteiger partial charge is 0.497 e. The molecule has 0 saturated heterocycles. The van der Waals surface area contributed by atoms with Gasteiger partial charge >= 0.3 is 0 Å². The number of hydrogen-bond acceptors (Lipinski definition) is 2. The van der Waals surface area contributed by atoms with E-state index in [1.54, 1.807) is 7.11 Å². The van der Waals surface area contributed by atoms with E-state index < -0.39 is 0 Å². The van der Waals surface area contributed by atoms with Gasteiger partial charge in [-0.1, -0.05) is 6.42 Å². The van der Waals surface area contributed by atoms with Crippen LogP contribution < -0.4 is 10.1 Å². The minimum atomic E-state index is 0.190. The molecule has 1 amide bonds. The third-order valence-electron chi connectivity index (χ3n) is 4.21. The summed E-state index contributed by atoms with van der Waals surface area (Å²) in [7, 11) is 1.64. The second-order valence-electron chi connectivity index (χ2n) is 5.19. The highest BCUT2D eigenvalue weighted by molar-refractivity contribution is 5.95. The summed E-state index contributed by atoms with van der Waals surface area (Å²) in [4.78, 5) is 12.0. The molecule has 17 heavy (non-hydrogen) atoms. The van der Waals surface area contributed by atoms with E-state index in [-0.39, 0.29) is 11.8 Å². The van der Waals surface area contributed by atoms with Crippen LogP contribution in [0.5, 0.6) is 5.75 Å². The van der Waals surface area contributed by atoms with Crippen LogP contribution in [0.4, 0.5) is 5.69 Å². The van der Waals surface area contributed by atoms with Crippen LogP contribution in [0.15, 0.2) is 24.3 Å². The molecular weight excluding hydrogens is 214 g/mol. The first-order valence-corrected chi connectivity index (χ1v) is 6.18. The number of carbonyl (C=O) groups is 1. The maximum atomic E-state index is 12.0. The lowest BCUT2D eigenvalue weighted by molar-refractivity contribution is -0.118. The van der Waals surface area contributed by atoms with E-state index in [0.717, 1.165) is 17.9 Å². The third kappa shape index (κ3) is 1.79. The Morgan fingerprint density at radius 3 is 2.53 bits per heavy atom. The van der Waals surface area contributed by atoms with Crippen LogP contribution in [-0.4, -0.2) is 13.0 Å². The van der Waals surface area contributed by atoms with Crippen molar-refractivity contribution in [1.29, 1.82) is 0 Å². The predicted octanol–water partition coefficient (Wildman–Crippen LogP) is 2.82. The Balaban J connectivity index is 1.61. The van der Waals surface area contributed by atoms with E-state index in [4.69, 9.17) is 4.74 Å². The van der Waals surface area contributed by atoms with Gasteiger partial charge in [-0.2, -0.15) is 0 Å². The number of ether oxygens (including phenoxy) is 1. The van der Waals surface area contributed by atoms with Gasteiger partial charge in [0.25, 0.3) is 0 Å². The molecule has 3 nitrogen and oxygen atoms in total. The average molecular weight is 231 g/mol. The van der Waals surface area contributed by atoms with Crippen molar-refractivity contribution >= 4 is 11.6 Å². The van der Waals surface area contributed by atoms with E-state index in [1.165, 1.54) is 19.3 Å². The summed E-state index contributed by atoms with van der Waals surface area (Å²) in [5, 5.41) is 2.98. The molecule has 0 aromatic heterocycles. The van der Waals surface area contributed by atoms with E-state index in [2.05, 4.69) is 5.32 Å². The van der Waals surface area contributed by atoms with E-state index in [1.807, 2.05) is 24.3 Å². The molecule has 90 valence electrons. The predicted molar refractivity (Wildman–Crippen MR) is 66.0 cm³/mol. The first kappa shape index (κ1) is 10.6. The molecule has 1 atom stereocenters. The summed E-state index contributed by atoms with van der Waals surface area (Å²) >= 11 is 0. The smallest absolute Gasteiger partial charge is 0.228 e.